The largest absolute Gasteiger partial charge is 0.479 e. The molecule has 2 aromatic carbocycles. The maximum Gasteiger partial charge on any atom is 0.416 e. The molecule has 8 heteroatoms. The summed E-state index contributed by atoms with van der Waals surface area (Å²) in [4.78, 5) is 11.5. The summed E-state index contributed by atoms with van der Waals surface area (Å²) in [5.41, 5.74) is -0.758. The second kappa shape index (κ2) is 8.25. The van der Waals surface area contributed by atoms with Crippen LogP contribution in [0.4, 0.5) is 13.2 Å². The van der Waals surface area contributed by atoms with E-state index in [1.54, 1.807) is 18.2 Å². The predicted octanol–water partition coefficient (Wildman–Crippen LogP) is 4.33. The highest BCUT2D eigenvalue weighted by atomic mass is 19.4. The van der Waals surface area contributed by atoms with Crippen LogP contribution in [0.15, 0.2) is 48.5 Å². The van der Waals surface area contributed by atoms with Crippen LogP contribution < -0.4 is 9.47 Å². The Morgan fingerprint density at radius 1 is 1.04 bits per heavy atom. The second-order valence-electron chi connectivity index (χ2n) is 5.12. The Bertz CT molecular complexity index is 780. The van der Waals surface area contributed by atoms with Crippen LogP contribution in [0.5, 0.6) is 17.2 Å². The lowest BCUT2D eigenvalue weighted by molar-refractivity contribution is -0.149. The third-order valence-electron chi connectivity index (χ3n) is 3.16. The van der Waals surface area contributed by atoms with Crippen molar-refractivity contribution >= 4 is 5.97 Å². The Hall–Kier alpha value is -3.21. The Labute approximate surface area is 147 Å². The third-order valence-corrected chi connectivity index (χ3v) is 3.16. The minimum absolute atomic E-state index is 0.250. The molecule has 0 saturated carbocycles. The zero-order valence-corrected chi connectivity index (χ0v) is 13.6. The zero-order valence-electron chi connectivity index (χ0n) is 13.6. The molecular formula is C18H14F3NO4. The number of nitriles is 1. The van der Waals surface area contributed by atoms with Crippen molar-refractivity contribution in [2.24, 2.45) is 0 Å². The van der Waals surface area contributed by atoms with Gasteiger partial charge in [-0.3, -0.25) is 0 Å². The SMILES string of the molecule is CC(Oc1ccc(Oc2ccc(C(F)(F)F)cc2)cc1)C(=O)OCC#N. The molecule has 1 unspecified atom stereocenters. The quantitative estimate of drug-likeness (QED) is 0.713. The van der Waals surface area contributed by atoms with E-state index in [1.165, 1.54) is 31.2 Å². The fourth-order valence-corrected chi connectivity index (χ4v) is 1.91. The molecule has 0 heterocycles. The van der Waals surface area contributed by atoms with E-state index in [1.807, 2.05) is 0 Å². The van der Waals surface area contributed by atoms with E-state index >= 15 is 0 Å². The van der Waals surface area contributed by atoms with Crippen molar-refractivity contribution in [3.63, 3.8) is 0 Å². The summed E-state index contributed by atoms with van der Waals surface area (Å²) in [6.45, 7) is 1.12. The molecule has 2 rings (SSSR count). The van der Waals surface area contributed by atoms with E-state index < -0.39 is 23.8 Å². The number of benzene rings is 2. The fraction of sp³-hybridized carbons (Fsp3) is 0.222. The Morgan fingerprint density at radius 2 is 1.54 bits per heavy atom. The molecule has 0 bridgehead atoms. The van der Waals surface area contributed by atoms with Crippen LogP contribution in [-0.2, 0) is 15.7 Å². The molecule has 1 atom stereocenters. The summed E-state index contributed by atoms with van der Waals surface area (Å²) in [6.07, 6.45) is -5.30. The van der Waals surface area contributed by atoms with Crippen LogP contribution >= 0.6 is 0 Å². The fourth-order valence-electron chi connectivity index (χ4n) is 1.91. The van der Waals surface area contributed by atoms with Gasteiger partial charge >= 0.3 is 12.1 Å². The number of esters is 1. The minimum atomic E-state index is -4.40. The number of halogens is 3. The van der Waals surface area contributed by atoms with Crippen molar-refractivity contribution < 1.29 is 32.2 Å². The first-order valence-corrected chi connectivity index (χ1v) is 7.45. The topological polar surface area (TPSA) is 68.6 Å². The number of alkyl halides is 3. The van der Waals surface area contributed by atoms with Gasteiger partial charge in [-0.2, -0.15) is 18.4 Å². The van der Waals surface area contributed by atoms with Gasteiger partial charge in [-0.1, -0.05) is 0 Å². The molecule has 0 radical (unpaired) electrons. The lowest BCUT2D eigenvalue weighted by Gasteiger charge is -2.13. The molecule has 136 valence electrons. The number of carbonyl (C=O) groups is 1. The minimum Gasteiger partial charge on any atom is -0.479 e. The molecule has 0 amide bonds. The Kier molecular flexibility index (Phi) is 6.07. The molecular weight excluding hydrogens is 351 g/mol. The molecule has 0 N–H and O–H groups in total. The highest BCUT2D eigenvalue weighted by molar-refractivity contribution is 5.74. The molecule has 0 aliphatic carbocycles. The molecule has 0 aromatic heterocycles. The normalized spacial score (nSPS) is 12.0. The van der Waals surface area contributed by atoms with E-state index in [0.29, 0.717) is 11.5 Å². The molecule has 0 spiro atoms. The number of ether oxygens (including phenoxy) is 3. The molecule has 26 heavy (non-hydrogen) atoms. The first kappa shape index (κ1) is 19.1. The van der Waals surface area contributed by atoms with Gasteiger partial charge in [-0.15, -0.1) is 0 Å². The van der Waals surface area contributed by atoms with Gasteiger partial charge in [-0.05, 0) is 55.5 Å². The summed E-state index contributed by atoms with van der Waals surface area (Å²) in [6, 6.07) is 12.1. The highest BCUT2D eigenvalue weighted by Gasteiger charge is 2.30. The lowest BCUT2D eigenvalue weighted by Crippen LogP contribution is -2.26. The summed E-state index contributed by atoms with van der Waals surface area (Å²) < 4.78 is 53.0. The van der Waals surface area contributed by atoms with Gasteiger partial charge in [-0.25, -0.2) is 4.79 Å². The van der Waals surface area contributed by atoms with Gasteiger partial charge in [0.2, 0.25) is 0 Å². The predicted molar refractivity (Wildman–Crippen MR) is 84.6 cm³/mol. The van der Waals surface area contributed by atoms with Crippen molar-refractivity contribution in [2.75, 3.05) is 6.61 Å². The maximum absolute atomic E-state index is 12.5. The van der Waals surface area contributed by atoms with E-state index in [-0.39, 0.29) is 12.4 Å². The molecule has 0 fully saturated rings. The third kappa shape index (κ3) is 5.41. The van der Waals surface area contributed by atoms with E-state index in [9.17, 15) is 18.0 Å². The number of carbonyl (C=O) groups excluding carboxylic acids is 1. The van der Waals surface area contributed by atoms with Crippen molar-refractivity contribution in [3.8, 4) is 23.3 Å². The molecule has 0 aliphatic heterocycles. The van der Waals surface area contributed by atoms with Gasteiger partial charge in [0.05, 0.1) is 5.56 Å². The first-order valence-electron chi connectivity index (χ1n) is 7.45. The number of nitrogens with zero attached hydrogens (tertiary/aromatic N) is 1. The summed E-state index contributed by atoms with van der Waals surface area (Å²) in [7, 11) is 0. The van der Waals surface area contributed by atoms with Crippen LogP contribution in [0, 0.1) is 11.3 Å². The zero-order chi connectivity index (χ0) is 19.2. The van der Waals surface area contributed by atoms with Crippen LogP contribution in [0.2, 0.25) is 0 Å². The van der Waals surface area contributed by atoms with Gasteiger partial charge in [0.25, 0.3) is 0 Å². The van der Waals surface area contributed by atoms with E-state index in [4.69, 9.17) is 14.7 Å². The summed E-state index contributed by atoms with van der Waals surface area (Å²) in [5.74, 6) is 0.333. The maximum atomic E-state index is 12.5. The molecule has 2 aromatic rings. The number of hydrogen-bond acceptors (Lipinski definition) is 5. The van der Waals surface area contributed by atoms with Crippen molar-refractivity contribution in [2.45, 2.75) is 19.2 Å². The second-order valence-corrected chi connectivity index (χ2v) is 5.12. The lowest BCUT2D eigenvalue weighted by atomic mass is 10.2. The van der Waals surface area contributed by atoms with E-state index in [0.717, 1.165) is 12.1 Å². The first-order chi connectivity index (χ1) is 12.3. The summed E-state index contributed by atoms with van der Waals surface area (Å²) >= 11 is 0. The average Bonchev–Trinajstić information content (AvgIpc) is 2.61. The van der Waals surface area contributed by atoms with Crippen molar-refractivity contribution in [1.29, 1.82) is 5.26 Å². The van der Waals surface area contributed by atoms with E-state index in [2.05, 4.69) is 4.74 Å². The molecule has 5 nitrogen and oxygen atoms in total. The van der Waals surface area contributed by atoms with Gasteiger partial charge in [0.15, 0.2) is 12.7 Å². The smallest absolute Gasteiger partial charge is 0.416 e. The molecule has 0 aliphatic rings. The van der Waals surface area contributed by atoms with Crippen LogP contribution in [-0.4, -0.2) is 18.7 Å². The van der Waals surface area contributed by atoms with Crippen molar-refractivity contribution in [3.05, 3.63) is 54.1 Å². The van der Waals surface area contributed by atoms with Gasteiger partial charge in [0, 0.05) is 0 Å². The standard InChI is InChI=1S/C18H14F3NO4/c1-12(17(23)24-11-10-22)25-14-6-8-16(9-7-14)26-15-4-2-13(3-5-15)18(19,20)21/h2-9,12H,11H2,1H3. The average molecular weight is 365 g/mol. The van der Waals surface area contributed by atoms with Crippen LogP contribution in [0.3, 0.4) is 0 Å². The van der Waals surface area contributed by atoms with Crippen LogP contribution in [0.25, 0.3) is 0 Å². The Morgan fingerprint density at radius 3 is 2.04 bits per heavy atom. The monoisotopic (exact) mass is 365 g/mol. The highest BCUT2D eigenvalue weighted by Crippen LogP contribution is 2.31. The Balaban J connectivity index is 1.95. The summed E-state index contributed by atoms with van der Waals surface area (Å²) in [5, 5.41) is 8.36. The van der Waals surface area contributed by atoms with Gasteiger partial charge < -0.3 is 14.2 Å². The van der Waals surface area contributed by atoms with Gasteiger partial charge in [0.1, 0.15) is 23.3 Å². The van der Waals surface area contributed by atoms with Crippen LogP contribution in [0.1, 0.15) is 12.5 Å². The molecule has 0 saturated heterocycles. The van der Waals surface area contributed by atoms with Crippen molar-refractivity contribution in [1.82, 2.24) is 0 Å². The number of hydrogen-bond donors (Lipinski definition) is 0. The number of rotatable bonds is 6.